The molecule has 3 rings (SSSR count). The second-order valence-corrected chi connectivity index (χ2v) is 5.00. The first kappa shape index (κ1) is 6.90. The Hall–Kier alpha value is -1.33. The van der Waals surface area contributed by atoms with Gasteiger partial charge in [0.05, 0.1) is 0 Å². The highest BCUT2D eigenvalue weighted by atomic mass is 31.2. The highest BCUT2D eigenvalue weighted by Crippen LogP contribution is 2.43. The van der Waals surface area contributed by atoms with Gasteiger partial charge in [-0.05, 0) is 36.5 Å². The first-order valence-electron chi connectivity index (χ1n) is 8.79. The quantitative estimate of drug-likeness (QED) is 0.645. The van der Waals surface area contributed by atoms with Gasteiger partial charge in [-0.1, -0.05) is 6.07 Å². The molecule has 1 aromatic heterocycles. The maximum atomic E-state index is 11.2. The van der Waals surface area contributed by atoms with E-state index in [1.54, 1.807) is 0 Å². The molecule has 4 N–H and O–H groups in total. The molecule has 2 heterocycles. The smallest absolute Gasteiger partial charge is 0.404 e. The van der Waals surface area contributed by atoms with Crippen LogP contribution in [0.3, 0.4) is 0 Å². The molecular formula is C12H15N2O4P. The van der Waals surface area contributed by atoms with Crippen molar-refractivity contribution >= 4 is 18.7 Å². The van der Waals surface area contributed by atoms with Crippen molar-refractivity contribution in [3.8, 4) is 5.75 Å². The number of hydrogen-bond donors (Lipinski definition) is 4. The summed E-state index contributed by atoms with van der Waals surface area (Å²) in [6, 6.07) is 4.06. The third-order valence-electron chi connectivity index (χ3n) is 2.59. The van der Waals surface area contributed by atoms with E-state index < -0.39 is 33.1 Å². The Morgan fingerprint density at radius 2 is 2.37 bits per heavy atom. The van der Waals surface area contributed by atoms with E-state index in [1.807, 2.05) is 5.32 Å². The molecule has 1 atom stereocenters. The molecule has 0 radical (unpaired) electrons. The number of aromatic amines is 1. The van der Waals surface area contributed by atoms with Crippen LogP contribution in [-0.2, 0) is 4.57 Å². The minimum Gasteiger partial charge on any atom is -0.404 e. The molecule has 102 valence electrons. The van der Waals surface area contributed by atoms with E-state index in [2.05, 4.69) is 9.51 Å². The summed E-state index contributed by atoms with van der Waals surface area (Å²) in [6.45, 7) is -5.72. The average Bonchev–Trinajstić information content (AvgIpc) is 2.91. The molecule has 1 saturated heterocycles. The van der Waals surface area contributed by atoms with E-state index in [0.29, 0.717) is 0 Å². The molecule has 0 unspecified atom stereocenters. The number of benzene rings is 1. The van der Waals surface area contributed by atoms with Crippen LogP contribution < -0.4 is 9.84 Å². The first-order valence-corrected chi connectivity index (χ1v) is 6.82. The predicted molar refractivity (Wildman–Crippen MR) is 71.2 cm³/mol. The lowest BCUT2D eigenvalue weighted by atomic mass is 9.97. The lowest BCUT2D eigenvalue weighted by Crippen LogP contribution is -2.07. The van der Waals surface area contributed by atoms with Gasteiger partial charge in [0, 0.05) is 33.2 Å². The number of H-pyrrole nitrogens is 1. The van der Waals surface area contributed by atoms with Crippen LogP contribution in [0, 0.1) is 0 Å². The summed E-state index contributed by atoms with van der Waals surface area (Å²) < 4.78 is 72.2. The van der Waals surface area contributed by atoms with Crippen LogP contribution in [0.25, 0.3) is 10.9 Å². The van der Waals surface area contributed by atoms with Crippen LogP contribution in [-0.4, -0.2) is 27.8 Å². The lowest BCUT2D eigenvalue weighted by Gasteiger charge is -2.12. The highest BCUT2D eigenvalue weighted by Gasteiger charge is 2.24. The Balaban J connectivity index is 2.33. The Morgan fingerprint density at radius 1 is 1.53 bits per heavy atom. The maximum Gasteiger partial charge on any atom is 0.524 e. The molecule has 1 aromatic carbocycles. The standard InChI is InChI=1S/C12H15N2O4P/c15-19(16,17)18-11-3-1-2-10-12(11)9(7-14-10)8-4-5-13-6-8/h1-3,7-8,13-14H,4-6H2,(H2,15,16,17)/t8-/m1/s1/i4D2,5D2,6D2,8D. The number of aromatic nitrogens is 1. The van der Waals surface area contributed by atoms with Gasteiger partial charge < -0.3 is 14.8 Å². The molecule has 1 aliphatic rings. The van der Waals surface area contributed by atoms with Gasteiger partial charge in [-0.3, -0.25) is 9.79 Å². The van der Waals surface area contributed by atoms with Crippen LogP contribution in [0.5, 0.6) is 5.75 Å². The van der Waals surface area contributed by atoms with Crippen LogP contribution in [0.1, 0.15) is 27.4 Å². The van der Waals surface area contributed by atoms with E-state index >= 15 is 0 Å². The topological polar surface area (TPSA) is 94.6 Å². The Labute approximate surface area is 119 Å². The minimum atomic E-state index is -4.98. The zero-order chi connectivity index (χ0) is 19.8. The average molecular weight is 289 g/mol. The van der Waals surface area contributed by atoms with Crippen molar-refractivity contribution < 1.29 is 28.5 Å². The third kappa shape index (κ3) is 2.53. The molecule has 6 nitrogen and oxygen atoms in total. The SMILES string of the molecule is [2H]C1([2H])NC([2H])([2H])[C@]([2H])(c2c[nH]c3cccc(OP(=O)(O)O)c23)C1([2H])[2H]. The predicted octanol–water partition coefficient (Wildman–Crippen LogP) is 1.72. The third-order valence-corrected chi connectivity index (χ3v) is 3.03. The van der Waals surface area contributed by atoms with Crippen LogP contribution in [0.4, 0.5) is 0 Å². The fraction of sp³-hybridized carbons (Fsp3) is 0.333. The summed E-state index contributed by atoms with van der Waals surface area (Å²) in [4.78, 5) is 20.9. The van der Waals surface area contributed by atoms with E-state index in [1.165, 1.54) is 18.2 Å². The largest absolute Gasteiger partial charge is 0.524 e. The van der Waals surface area contributed by atoms with Gasteiger partial charge in [0.2, 0.25) is 0 Å². The van der Waals surface area contributed by atoms with E-state index in [9.17, 15) is 4.57 Å². The van der Waals surface area contributed by atoms with Crippen LogP contribution in [0.15, 0.2) is 24.4 Å². The second kappa shape index (κ2) is 4.65. The van der Waals surface area contributed by atoms with Gasteiger partial charge >= 0.3 is 7.82 Å². The molecule has 0 amide bonds. The molecule has 0 bridgehead atoms. The summed E-state index contributed by atoms with van der Waals surface area (Å²) >= 11 is 0. The zero-order valence-electron chi connectivity index (χ0n) is 16.5. The minimum absolute atomic E-state index is 0.113. The van der Waals surface area contributed by atoms with Crippen molar-refractivity contribution in [1.29, 1.82) is 0 Å². The summed E-state index contributed by atoms with van der Waals surface area (Å²) in [6.07, 6.45) is -1.92. The van der Waals surface area contributed by atoms with Crippen molar-refractivity contribution in [2.24, 2.45) is 0 Å². The number of fused-ring (bicyclic) bond motifs is 1. The molecule has 0 aliphatic carbocycles. The maximum absolute atomic E-state index is 11.2. The molecule has 1 aliphatic heterocycles. The molecule has 19 heavy (non-hydrogen) atoms. The summed E-state index contributed by atoms with van der Waals surface area (Å²) in [7, 11) is -4.98. The fourth-order valence-electron chi connectivity index (χ4n) is 1.91. The second-order valence-electron chi connectivity index (χ2n) is 3.84. The Morgan fingerprint density at radius 3 is 3.05 bits per heavy atom. The zero-order valence-corrected chi connectivity index (χ0v) is 10.4. The van der Waals surface area contributed by atoms with Gasteiger partial charge in [-0.2, -0.15) is 0 Å². The van der Waals surface area contributed by atoms with Crippen LogP contribution >= 0.6 is 7.82 Å². The normalized spacial score (nSPS) is 37.3. The van der Waals surface area contributed by atoms with Gasteiger partial charge in [0.25, 0.3) is 0 Å². The van der Waals surface area contributed by atoms with Crippen molar-refractivity contribution in [3.63, 3.8) is 0 Å². The van der Waals surface area contributed by atoms with Gasteiger partial charge in [0.15, 0.2) is 0 Å². The molecule has 7 heteroatoms. The molecule has 0 saturated carbocycles. The summed E-state index contributed by atoms with van der Waals surface area (Å²) in [5, 5.41) is 1.75. The molecule has 2 aromatic rings. The van der Waals surface area contributed by atoms with Crippen molar-refractivity contribution in [3.05, 3.63) is 30.0 Å². The fourth-order valence-corrected chi connectivity index (χ4v) is 2.31. The summed E-state index contributed by atoms with van der Waals surface area (Å²) in [5.74, 6) is -3.17. The lowest BCUT2D eigenvalue weighted by molar-refractivity contribution is 0.284. The van der Waals surface area contributed by atoms with Gasteiger partial charge in [0.1, 0.15) is 5.75 Å². The number of rotatable bonds is 3. The van der Waals surface area contributed by atoms with Crippen molar-refractivity contribution in [2.45, 2.75) is 12.3 Å². The van der Waals surface area contributed by atoms with E-state index in [4.69, 9.17) is 19.4 Å². The molecular weight excluding hydrogens is 267 g/mol. The number of phosphoric acid groups is 1. The number of nitrogens with one attached hydrogen (secondary N) is 2. The summed E-state index contributed by atoms with van der Waals surface area (Å²) in [5.41, 5.74) is -0.114. The van der Waals surface area contributed by atoms with Gasteiger partial charge in [-0.15, -0.1) is 0 Å². The molecule has 0 spiro atoms. The number of hydrogen-bond acceptors (Lipinski definition) is 3. The van der Waals surface area contributed by atoms with E-state index in [-0.39, 0.29) is 22.2 Å². The van der Waals surface area contributed by atoms with Gasteiger partial charge in [-0.25, -0.2) is 4.57 Å². The van der Waals surface area contributed by atoms with Crippen molar-refractivity contribution in [1.82, 2.24) is 10.3 Å². The highest BCUT2D eigenvalue weighted by molar-refractivity contribution is 7.46. The Bertz CT molecular complexity index is 927. The van der Waals surface area contributed by atoms with Crippen LogP contribution in [0.2, 0.25) is 0 Å². The number of phosphoric ester groups is 1. The Kier molecular flexibility index (Phi) is 1.69. The monoisotopic (exact) mass is 289 g/mol. The first-order chi connectivity index (χ1) is 11.6. The van der Waals surface area contributed by atoms with E-state index in [0.717, 1.165) is 6.20 Å². The van der Waals surface area contributed by atoms with Crippen molar-refractivity contribution in [2.75, 3.05) is 13.0 Å². The molecule has 1 fully saturated rings.